The van der Waals surface area contributed by atoms with Crippen molar-refractivity contribution in [3.8, 4) is 0 Å². The van der Waals surface area contributed by atoms with Crippen LogP contribution in [0.5, 0.6) is 0 Å². The molecular formula is C27H28ClN3O. The third-order valence-corrected chi connectivity index (χ3v) is 6.21. The maximum atomic E-state index is 13.4. The molecular weight excluding hydrogens is 418 g/mol. The summed E-state index contributed by atoms with van der Waals surface area (Å²) >= 11 is 6.05. The largest absolute Gasteiger partial charge is 0.347 e. The predicted molar refractivity (Wildman–Crippen MR) is 130 cm³/mol. The van der Waals surface area contributed by atoms with Crippen LogP contribution in [-0.4, -0.2) is 21.3 Å². The van der Waals surface area contributed by atoms with E-state index in [9.17, 15) is 4.79 Å². The molecule has 0 radical (unpaired) electrons. The summed E-state index contributed by atoms with van der Waals surface area (Å²) in [5.74, 6) is 0.311. The smallest absolute Gasteiger partial charge is 0.268 e. The predicted octanol–water partition coefficient (Wildman–Crippen LogP) is 6.14. The number of nitrogens with zero attached hydrogens (tertiary/aromatic N) is 2. The average Bonchev–Trinajstić information content (AvgIpc) is 3.20. The van der Waals surface area contributed by atoms with Crippen LogP contribution in [0.4, 0.5) is 0 Å². The van der Waals surface area contributed by atoms with Gasteiger partial charge in [0.2, 0.25) is 0 Å². The van der Waals surface area contributed by atoms with Gasteiger partial charge in [0.1, 0.15) is 11.3 Å². The van der Waals surface area contributed by atoms with Crippen LogP contribution < -0.4 is 5.32 Å². The lowest BCUT2D eigenvalue weighted by Crippen LogP contribution is -2.42. The minimum Gasteiger partial charge on any atom is -0.347 e. The van der Waals surface area contributed by atoms with E-state index in [1.54, 1.807) is 0 Å². The number of carbonyl (C=O) groups excluding carboxylic acids is 1. The first-order valence-electron chi connectivity index (χ1n) is 11.0. The molecule has 2 aromatic carbocycles. The summed E-state index contributed by atoms with van der Waals surface area (Å²) in [6.07, 6.45) is 2.69. The maximum Gasteiger partial charge on any atom is 0.268 e. The van der Waals surface area contributed by atoms with Gasteiger partial charge in [0.15, 0.2) is 0 Å². The van der Waals surface area contributed by atoms with Crippen LogP contribution in [0, 0.1) is 5.92 Å². The number of hydrogen-bond acceptors (Lipinski definition) is 2. The number of fused-ring (bicyclic) bond motifs is 1. The Morgan fingerprint density at radius 3 is 2.38 bits per heavy atom. The van der Waals surface area contributed by atoms with E-state index in [0.29, 0.717) is 10.7 Å². The molecule has 0 saturated heterocycles. The Morgan fingerprint density at radius 1 is 0.969 bits per heavy atom. The molecule has 0 aliphatic heterocycles. The van der Waals surface area contributed by atoms with Gasteiger partial charge in [-0.2, -0.15) is 0 Å². The molecule has 0 aliphatic carbocycles. The second-order valence-corrected chi connectivity index (χ2v) is 9.05. The van der Waals surface area contributed by atoms with E-state index in [2.05, 4.69) is 38.2 Å². The van der Waals surface area contributed by atoms with Crippen LogP contribution in [0.2, 0.25) is 5.02 Å². The van der Waals surface area contributed by atoms with Gasteiger partial charge in [0, 0.05) is 29.6 Å². The molecule has 32 heavy (non-hydrogen) atoms. The molecule has 0 spiro atoms. The van der Waals surface area contributed by atoms with Crippen molar-refractivity contribution in [2.24, 2.45) is 5.92 Å². The standard InChI is InChI=1S/C27H28ClN3O/c1-18(2)26(19(3)21-12-14-22(28)15-13-21)30-27(32)24-10-7-11-25-29-23(17-31(24)25)16-20-8-5-4-6-9-20/h4-15,17-19,26H,16H2,1-3H3,(H,30,32). The average molecular weight is 446 g/mol. The molecule has 4 aromatic rings. The fourth-order valence-corrected chi connectivity index (χ4v) is 4.33. The Bertz CT molecular complexity index is 1200. The monoisotopic (exact) mass is 445 g/mol. The van der Waals surface area contributed by atoms with Crippen LogP contribution in [0.1, 0.15) is 54.0 Å². The Kier molecular flexibility index (Phi) is 6.61. The molecule has 1 amide bonds. The van der Waals surface area contributed by atoms with E-state index in [0.717, 1.165) is 23.3 Å². The number of carbonyl (C=O) groups is 1. The first-order valence-corrected chi connectivity index (χ1v) is 11.4. The van der Waals surface area contributed by atoms with E-state index < -0.39 is 0 Å². The van der Waals surface area contributed by atoms with E-state index in [1.807, 2.05) is 71.3 Å². The van der Waals surface area contributed by atoms with Gasteiger partial charge in [-0.1, -0.05) is 80.9 Å². The number of imidazole rings is 1. The second kappa shape index (κ2) is 9.58. The van der Waals surface area contributed by atoms with E-state index in [1.165, 1.54) is 5.56 Å². The fraction of sp³-hybridized carbons (Fsp3) is 0.259. The lowest BCUT2D eigenvalue weighted by atomic mass is 9.86. The van der Waals surface area contributed by atoms with Crippen molar-refractivity contribution in [2.45, 2.75) is 39.2 Å². The summed E-state index contributed by atoms with van der Waals surface area (Å²) in [5.41, 5.74) is 4.64. The highest BCUT2D eigenvalue weighted by molar-refractivity contribution is 6.30. The Hall–Kier alpha value is -3.11. The Morgan fingerprint density at radius 2 is 1.69 bits per heavy atom. The van der Waals surface area contributed by atoms with Gasteiger partial charge in [-0.25, -0.2) is 4.98 Å². The lowest BCUT2D eigenvalue weighted by molar-refractivity contribution is 0.0912. The molecule has 4 nitrogen and oxygen atoms in total. The highest BCUT2D eigenvalue weighted by Crippen LogP contribution is 2.26. The van der Waals surface area contributed by atoms with Crippen LogP contribution in [0.3, 0.4) is 0 Å². The molecule has 164 valence electrons. The van der Waals surface area contributed by atoms with Gasteiger partial charge >= 0.3 is 0 Å². The SMILES string of the molecule is CC(C)C(NC(=O)c1cccc2nc(Cc3ccccc3)cn12)C(C)c1ccc(Cl)cc1. The first kappa shape index (κ1) is 22.1. The summed E-state index contributed by atoms with van der Waals surface area (Å²) in [6.45, 7) is 6.41. The van der Waals surface area contributed by atoms with Gasteiger partial charge < -0.3 is 5.32 Å². The van der Waals surface area contributed by atoms with Crippen LogP contribution in [-0.2, 0) is 6.42 Å². The van der Waals surface area contributed by atoms with Crippen LogP contribution >= 0.6 is 11.6 Å². The molecule has 2 aromatic heterocycles. The van der Waals surface area contributed by atoms with Crippen molar-refractivity contribution in [3.63, 3.8) is 0 Å². The number of halogens is 1. The van der Waals surface area contributed by atoms with E-state index in [-0.39, 0.29) is 23.8 Å². The van der Waals surface area contributed by atoms with Crippen molar-refractivity contribution in [2.75, 3.05) is 0 Å². The zero-order valence-electron chi connectivity index (χ0n) is 18.6. The molecule has 1 N–H and O–H groups in total. The van der Waals surface area contributed by atoms with Crippen molar-refractivity contribution in [3.05, 3.63) is 107 Å². The van der Waals surface area contributed by atoms with E-state index in [4.69, 9.17) is 16.6 Å². The number of nitrogens with one attached hydrogen (secondary N) is 1. The molecule has 2 unspecified atom stereocenters. The molecule has 0 aliphatic rings. The number of rotatable bonds is 7. The van der Waals surface area contributed by atoms with Crippen LogP contribution in [0.15, 0.2) is 79.0 Å². The highest BCUT2D eigenvalue weighted by Gasteiger charge is 2.25. The maximum absolute atomic E-state index is 13.4. The second-order valence-electron chi connectivity index (χ2n) is 8.62. The summed E-state index contributed by atoms with van der Waals surface area (Å²) in [4.78, 5) is 18.1. The number of hydrogen-bond donors (Lipinski definition) is 1. The number of amides is 1. The third kappa shape index (κ3) is 4.86. The molecule has 4 rings (SSSR count). The molecule has 0 saturated carbocycles. The number of benzene rings is 2. The van der Waals surface area contributed by atoms with Crippen molar-refractivity contribution >= 4 is 23.2 Å². The topological polar surface area (TPSA) is 46.4 Å². The lowest BCUT2D eigenvalue weighted by Gasteiger charge is -2.29. The summed E-state index contributed by atoms with van der Waals surface area (Å²) in [7, 11) is 0. The molecule has 0 bridgehead atoms. The van der Waals surface area contributed by atoms with Gasteiger partial charge in [-0.05, 0) is 41.3 Å². The molecule has 2 atom stereocenters. The molecule has 0 fully saturated rings. The highest BCUT2D eigenvalue weighted by atomic mass is 35.5. The number of aromatic nitrogens is 2. The van der Waals surface area contributed by atoms with Gasteiger partial charge in [0.25, 0.3) is 5.91 Å². The molecule has 2 heterocycles. The summed E-state index contributed by atoms with van der Waals surface area (Å²) in [6, 6.07) is 23.7. The van der Waals surface area contributed by atoms with Gasteiger partial charge in [-0.15, -0.1) is 0 Å². The quantitative estimate of drug-likeness (QED) is 0.371. The Balaban J connectivity index is 1.58. The minimum atomic E-state index is -0.0984. The van der Waals surface area contributed by atoms with Crippen LogP contribution in [0.25, 0.3) is 5.65 Å². The Labute approximate surface area is 194 Å². The van der Waals surface area contributed by atoms with Gasteiger partial charge in [-0.3, -0.25) is 9.20 Å². The van der Waals surface area contributed by atoms with Crippen molar-refractivity contribution in [1.29, 1.82) is 0 Å². The zero-order valence-corrected chi connectivity index (χ0v) is 19.4. The zero-order chi connectivity index (χ0) is 22.7. The fourth-order valence-electron chi connectivity index (χ4n) is 4.20. The molecule has 5 heteroatoms. The van der Waals surface area contributed by atoms with Crippen molar-refractivity contribution < 1.29 is 4.79 Å². The normalized spacial score (nSPS) is 13.3. The minimum absolute atomic E-state index is 0.0220. The third-order valence-electron chi connectivity index (χ3n) is 5.95. The van der Waals surface area contributed by atoms with Gasteiger partial charge in [0.05, 0.1) is 5.69 Å². The summed E-state index contributed by atoms with van der Waals surface area (Å²) < 4.78 is 1.89. The van der Waals surface area contributed by atoms with E-state index >= 15 is 0 Å². The van der Waals surface area contributed by atoms with Crippen molar-refractivity contribution in [1.82, 2.24) is 14.7 Å². The first-order chi connectivity index (χ1) is 15.4. The summed E-state index contributed by atoms with van der Waals surface area (Å²) in [5, 5.41) is 3.99. The number of pyridine rings is 1.